The summed E-state index contributed by atoms with van der Waals surface area (Å²) in [5.74, 6) is 0.0265. The van der Waals surface area contributed by atoms with Crippen molar-refractivity contribution < 1.29 is 14.3 Å². The normalized spacial score (nSPS) is 11.6. The lowest BCUT2D eigenvalue weighted by atomic mass is 10.1. The van der Waals surface area contributed by atoms with E-state index in [2.05, 4.69) is 15.2 Å². The third-order valence-electron chi connectivity index (χ3n) is 3.13. The first-order valence-electron chi connectivity index (χ1n) is 6.74. The Hall–Kier alpha value is -2.86. The molecule has 0 bridgehead atoms. The van der Waals surface area contributed by atoms with Crippen LogP contribution in [-0.2, 0) is 6.42 Å². The highest BCUT2D eigenvalue weighted by molar-refractivity contribution is 6.30. The number of hydrogen-bond acceptors (Lipinski definition) is 5. The molecule has 0 unspecified atom stereocenters. The second-order valence-electron chi connectivity index (χ2n) is 4.84. The van der Waals surface area contributed by atoms with Gasteiger partial charge in [-0.3, -0.25) is 9.89 Å². The molecule has 0 radical (unpaired) electrons. The third-order valence-corrected chi connectivity index (χ3v) is 3.37. The SMILES string of the molecule is O=C(C=C(O)c1coc(Cc2cccc(Cl)c2)c1)c1ncn[nH]1. The summed E-state index contributed by atoms with van der Waals surface area (Å²) < 4.78 is 5.41. The molecule has 3 aromatic rings. The number of carbonyl (C=O) groups excluding carboxylic acids is 1. The van der Waals surface area contributed by atoms with E-state index in [1.807, 2.05) is 18.2 Å². The van der Waals surface area contributed by atoms with Crippen LogP contribution in [0.3, 0.4) is 0 Å². The summed E-state index contributed by atoms with van der Waals surface area (Å²) in [7, 11) is 0. The number of nitrogens with zero attached hydrogens (tertiary/aromatic N) is 2. The van der Waals surface area contributed by atoms with Crippen molar-refractivity contribution in [1.82, 2.24) is 15.2 Å². The van der Waals surface area contributed by atoms with Crippen molar-refractivity contribution in [2.24, 2.45) is 0 Å². The summed E-state index contributed by atoms with van der Waals surface area (Å²) in [6, 6.07) is 9.09. The third kappa shape index (κ3) is 3.67. The number of aliphatic hydroxyl groups excluding tert-OH is 1. The van der Waals surface area contributed by atoms with Crippen LogP contribution < -0.4 is 0 Å². The number of benzene rings is 1. The van der Waals surface area contributed by atoms with Gasteiger partial charge in [0, 0.05) is 17.5 Å². The van der Waals surface area contributed by atoms with Crippen LogP contribution in [0.15, 0.2) is 53.4 Å². The molecule has 6 nitrogen and oxygen atoms in total. The zero-order chi connectivity index (χ0) is 16.2. The van der Waals surface area contributed by atoms with Crippen LogP contribution in [0.4, 0.5) is 0 Å². The number of rotatable bonds is 5. The Kier molecular flexibility index (Phi) is 4.25. The highest BCUT2D eigenvalue weighted by atomic mass is 35.5. The lowest BCUT2D eigenvalue weighted by Crippen LogP contribution is -1.99. The predicted molar refractivity (Wildman–Crippen MR) is 84.3 cm³/mol. The van der Waals surface area contributed by atoms with Crippen LogP contribution >= 0.6 is 11.6 Å². The molecule has 0 spiro atoms. The van der Waals surface area contributed by atoms with Crippen molar-refractivity contribution in [3.8, 4) is 0 Å². The van der Waals surface area contributed by atoms with E-state index in [0.717, 1.165) is 11.6 Å². The van der Waals surface area contributed by atoms with Gasteiger partial charge in [0.05, 0.1) is 5.56 Å². The molecule has 0 aliphatic heterocycles. The number of aromatic nitrogens is 3. The number of allylic oxidation sites excluding steroid dienone is 1. The quantitative estimate of drug-likeness (QED) is 0.425. The first-order valence-corrected chi connectivity index (χ1v) is 7.12. The minimum absolute atomic E-state index is 0.0548. The summed E-state index contributed by atoms with van der Waals surface area (Å²) in [6.45, 7) is 0. The van der Waals surface area contributed by atoms with Gasteiger partial charge in [0.1, 0.15) is 24.1 Å². The molecule has 0 fully saturated rings. The van der Waals surface area contributed by atoms with Crippen LogP contribution in [0.25, 0.3) is 5.76 Å². The molecule has 0 aliphatic carbocycles. The zero-order valence-corrected chi connectivity index (χ0v) is 12.6. The van der Waals surface area contributed by atoms with Crippen molar-refractivity contribution in [3.63, 3.8) is 0 Å². The summed E-state index contributed by atoms with van der Waals surface area (Å²) in [5.41, 5.74) is 1.40. The summed E-state index contributed by atoms with van der Waals surface area (Å²) in [4.78, 5) is 15.5. The Bertz CT molecular complexity index is 853. The topological polar surface area (TPSA) is 92.0 Å². The van der Waals surface area contributed by atoms with Gasteiger partial charge in [-0.25, -0.2) is 4.98 Å². The number of aliphatic hydroxyl groups is 1. The van der Waals surface area contributed by atoms with Crippen LogP contribution in [0.2, 0.25) is 5.02 Å². The van der Waals surface area contributed by atoms with Crippen LogP contribution in [0.5, 0.6) is 0 Å². The average Bonchev–Trinajstić information content (AvgIpc) is 3.18. The number of ketones is 1. The predicted octanol–water partition coefficient (Wildman–Crippen LogP) is 3.42. The first kappa shape index (κ1) is 15.1. The van der Waals surface area contributed by atoms with Crippen molar-refractivity contribution in [1.29, 1.82) is 0 Å². The fourth-order valence-electron chi connectivity index (χ4n) is 2.06. The van der Waals surface area contributed by atoms with E-state index >= 15 is 0 Å². The highest BCUT2D eigenvalue weighted by Gasteiger charge is 2.11. The number of furan rings is 1. The van der Waals surface area contributed by atoms with Gasteiger partial charge in [-0.05, 0) is 23.8 Å². The maximum absolute atomic E-state index is 11.8. The standard InChI is InChI=1S/C16H12ClN3O3/c17-12-3-1-2-10(4-12)5-13-6-11(8-23-13)14(21)7-15(22)16-18-9-19-20-16/h1-4,6-9,21H,5H2,(H,18,19,20). The smallest absolute Gasteiger partial charge is 0.226 e. The number of nitrogens with one attached hydrogen (secondary N) is 1. The molecule has 3 rings (SSSR count). The summed E-state index contributed by atoms with van der Waals surface area (Å²) in [6.07, 6.45) is 4.21. The number of carbonyl (C=O) groups is 1. The molecular weight excluding hydrogens is 318 g/mol. The van der Waals surface area contributed by atoms with Gasteiger partial charge in [-0.1, -0.05) is 23.7 Å². The Labute approximate surface area is 136 Å². The second-order valence-corrected chi connectivity index (χ2v) is 5.27. The van der Waals surface area contributed by atoms with Crippen LogP contribution in [0.1, 0.15) is 27.5 Å². The largest absolute Gasteiger partial charge is 0.507 e. The van der Waals surface area contributed by atoms with E-state index in [0.29, 0.717) is 22.8 Å². The van der Waals surface area contributed by atoms with Gasteiger partial charge in [0.15, 0.2) is 5.82 Å². The van der Waals surface area contributed by atoms with Gasteiger partial charge in [-0.15, -0.1) is 0 Å². The fraction of sp³-hybridized carbons (Fsp3) is 0.0625. The number of hydrogen-bond donors (Lipinski definition) is 2. The van der Waals surface area contributed by atoms with Crippen molar-refractivity contribution in [2.75, 3.05) is 0 Å². The Balaban J connectivity index is 1.75. The second kappa shape index (κ2) is 6.50. The lowest BCUT2D eigenvalue weighted by molar-refractivity contribution is 0.103. The molecule has 0 amide bonds. The molecule has 116 valence electrons. The molecule has 2 N–H and O–H groups in total. The van der Waals surface area contributed by atoms with Gasteiger partial charge in [0.25, 0.3) is 0 Å². The van der Waals surface area contributed by atoms with E-state index in [4.69, 9.17) is 16.0 Å². The van der Waals surface area contributed by atoms with Gasteiger partial charge in [0.2, 0.25) is 5.78 Å². The van der Waals surface area contributed by atoms with Gasteiger partial charge in [-0.2, -0.15) is 5.10 Å². The van der Waals surface area contributed by atoms with E-state index < -0.39 is 5.78 Å². The maximum Gasteiger partial charge on any atom is 0.226 e. The van der Waals surface area contributed by atoms with Gasteiger partial charge >= 0.3 is 0 Å². The molecular formula is C16H12ClN3O3. The molecule has 23 heavy (non-hydrogen) atoms. The Morgan fingerprint density at radius 2 is 2.26 bits per heavy atom. The molecule has 1 aromatic carbocycles. The van der Waals surface area contributed by atoms with Crippen LogP contribution in [-0.4, -0.2) is 26.1 Å². The molecule has 0 atom stereocenters. The fourth-order valence-corrected chi connectivity index (χ4v) is 2.27. The molecule has 0 saturated heterocycles. The Morgan fingerprint density at radius 1 is 1.39 bits per heavy atom. The lowest BCUT2D eigenvalue weighted by Gasteiger charge is -1.98. The summed E-state index contributed by atoms with van der Waals surface area (Å²) in [5, 5.41) is 16.7. The number of halogens is 1. The zero-order valence-electron chi connectivity index (χ0n) is 11.9. The van der Waals surface area contributed by atoms with E-state index in [9.17, 15) is 9.90 Å². The average molecular weight is 330 g/mol. The van der Waals surface area contributed by atoms with Crippen molar-refractivity contribution >= 4 is 23.1 Å². The molecule has 0 saturated carbocycles. The molecule has 2 aromatic heterocycles. The molecule has 0 aliphatic rings. The Morgan fingerprint density at radius 3 is 3.00 bits per heavy atom. The van der Waals surface area contributed by atoms with Crippen LogP contribution in [0, 0.1) is 0 Å². The van der Waals surface area contributed by atoms with E-state index in [1.54, 1.807) is 12.1 Å². The number of aromatic amines is 1. The highest BCUT2D eigenvalue weighted by Crippen LogP contribution is 2.20. The molecule has 7 heteroatoms. The minimum Gasteiger partial charge on any atom is -0.507 e. The van der Waals surface area contributed by atoms with Gasteiger partial charge < -0.3 is 9.52 Å². The van der Waals surface area contributed by atoms with E-state index in [1.165, 1.54) is 12.6 Å². The minimum atomic E-state index is -0.474. The van der Waals surface area contributed by atoms with E-state index in [-0.39, 0.29) is 11.6 Å². The summed E-state index contributed by atoms with van der Waals surface area (Å²) >= 11 is 5.94. The van der Waals surface area contributed by atoms with Crippen molar-refractivity contribution in [3.05, 3.63) is 76.7 Å². The number of H-pyrrole nitrogens is 1. The monoisotopic (exact) mass is 329 g/mol. The first-order chi connectivity index (χ1) is 11.1. The van der Waals surface area contributed by atoms with Crippen molar-refractivity contribution in [2.45, 2.75) is 6.42 Å². The maximum atomic E-state index is 11.8. The molecule has 2 heterocycles.